The molecular weight excluding hydrogens is 316 g/mol. The lowest BCUT2D eigenvalue weighted by Crippen LogP contribution is -2.42. The molecular formula is C17H17ClN2O3. The number of carboxylic acid groups (broad SMARTS) is 1. The average Bonchev–Trinajstić information content (AvgIpc) is 2.55. The van der Waals surface area contributed by atoms with E-state index in [-0.39, 0.29) is 18.7 Å². The van der Waals surface area contributed by atoms with E-state index in [0.29, 0.717) is 17.1 Å². The van der Waals surface area contributed by atoms with E-state index in [2.05, 4.69) is 10.3 Å². The van der Waals surface area contributed by atoms with Crippen LogP contribution in [0.3, 0.4) is 0 Å². The second kappa shape index (κ2) is 8.29. The Hall–Kier alpha value is -2.40. The van der Waals surface area contributed by atoms with Crippen LogP contribution >= 0.6 is 11.6 Å². The number of amides is 1. The van der Waals surface area contributed by atoms with Crippen LogP contribution in [-0.2, 0) is 22.4 Å². The number of aryl methyl sites for hydroxylation is 1. The van der Waals surface area contributed by atoms with E-state index in [4.69, 9.17) is 11.6 Å². The number of pyridine rings is 1. The Morgan fingerprint density at radius 1 is 1.13 bits per heavy atom. The number of benzene rings is 1. The van der Waals surface area contributed by atoms with Crippen molar-refractivity contribution in [2.75, 3.05) is 0 Å². The minimum absolute atomic E-state index is 0.163. The van der Waals surface area contributed by atoms with Gasteiger partial charge < -0.3 is 10.4 Å². The first kappa shape index (κ1) is 17.0. The molecule has 0 unspecified atom stereocenters. The smallest absolute Gasteiger partial charge is 0.326 e. The second-order valence-electron chi connectivity index (χ2n) is 5.14. The summed E-state index contributed by atoms with van der Waals surface area (Å²) in [5, 5.41) is 12.2. The molecule has 0 bridgehead atoms. The largest absolute Gasteiger partial charge is 0.480 e. The molecule has 0 aliphatic rings. The molecule has 0 saturated heterocycles. The number of carbonyl (C=O) groups is 2. The minimum Gasteiger partial charge on any atom is -0.480 e. The van der Waals surface area contributed by atoms with E-state index in [9.17, 15) is 14.7 Å². The summed E-state index contributed by atoms with van der Waals surface area (Å²) >= 11 is 5.70. The van der Waals surface area contributed by atoms with Gasteiger partial charge in [-0.3, -0.25) is 4.79 Å². The number of nitrogens with one attached hydrogen (secondary N) is 1. The molecule has 0 fully saturated rings. The quantitative estimate of drug-likeness (QED) is 0.763. The maximum absolute atomic E-state index is 12.0. The minimum atomic E-state index is -1.08. The maximum atomic E-state index is 12.0. The molecule has 120 valence electrons. The van der Waals surface area contributed by atoms with Gasteiger partial charge in [-0.1, -0.05) is 48.0 Å². The van der Waals surface area contributed by atoms with Gasteiger partial charge in [0.1, 0.15) is 11.2 Å². The molecule has 0 radical (unpaired) electrons. The van der Waals surface area contributed by atoms with Gasteiger partial charge >= 0.3 is 5.97 Å². The van der Waals surface area contributed by atoms with Crippen molar-refractivity contribution >= 4 is 23.5 Å². The molecule has 1 aromatic carbocycles. The number of rotatable bonds is 7. The second-order valence-corrected chi connectivity index (χ2v) is 5.52. The third-order valence-corrected chi connectivity index (χ3v) is 3.57. The van der Waals surface area contributed by atoms with Crippen molar-refractivity contribution in [2.45, 2.75) is 25.3 Å². The average molecular weight is 333 g/mol. The van der Waals surface area contributed by atoms with E-state index in [1.807, 2.05) is 30.3 Å². The van der Waals surface area contributed by atoms with Crippen LogP contribution in [0.15, 0.2) is 48.7 Å². The van der Waals surface area contributed by atoms with E-state index >= 15 is 0 Å². The molecule has 5 nitrogen and oxygen atoms in total. The summed E-state index contributed by atoms with van der Waals surface area (Å²) in [6, 6.07) is 11.9. The zero-order chi connectivity index (χ0) is 16.7. The standard InChI is InChI=1S/C17H17ClN2O3/c18-15-8-6-13(11-19-15)10-14(17(22)23)20-16(21)9-7-12-4-2-1-3-5-12/h1-6,8,11,14H,7,9-10H2,(H,20,21)(H,22,23)/t14-/m1/s1. The summed E-state index contributed by atoms with van der Waals surface area (Å²) in [4.78, 5) is 27.2. The normalized spacial score (nSPS) is 11.7. The summed E-state index contributed by atoms with van der Waals surface area (Å²) in [5.41, 5.74) is 1.74. The van der Waals surface area contributed by atoms with Crippen molar-refractivity contribution < 1.29 is 14.7 Å². The Labute approximate surface area is 139 Å². The molecule has 2 aromatic rings. The van der Waals surface area contributed by atoms with Crippen LogP contribution in [0.5, 0.6) is 0 Å². The van der Waals surface area contributed by atoms with Crippen molar-refractivity contribution in [3.63, 3.8) is 0 Å². The fourth-order valence-corrected chi connectivity index (χ4v) is 2.24. The first-order valence-electron chi connectivity index (χ1n) is 7.21. The summed E-state index contributed by atoms with van der Waals surface area (Å²) in [7, 11) is 0. The van der Waals surface area contributed by atoms with Crippen molar-refractivity contribution in [2.24, 2.45) is 0 Å². The van der Waals surface area contributed by atoms with Crippen molar-refractivity contribution in [1.29, 1.82) is 0 Å². The molecule has 1 aromatic heterocycles. The van der Waals surface area contributed by atoms with Crippen LogP contribution in [0.4, 0.5) is 0 Å². The molecule has 0 aliphatic heterocycles. The zero-order valence-electron chi connectivity index (χ0n) is 12.4. The highest BCUT2D eigenvalue weighted by Gasteiger charge is 2.20. The Morgan fingerprint density at radius 2 is 1.87 bits per heavy atom. The van der Waals surface area contributed by atoms with Crippen LogP contribution in [0.25, 0.3) is 0 Å². The number of hydrogen-bond donors (Lipinski definition) is 2. The SMILES string of the molecule is O=C(CCc1ccccc1)N[C@H](Cc1ccc(Cl)nc1)C(=O)O. The van der Waals surface area contributed by atoms with Gasteiger partial charge in [0, 0.05) is 19.0 Å². The lowest BCUT2D eigenvalue weighted by atomic mass is 10.1. The van der Waals surface area contributed by atoms with Gasteiger partial charge in [-0.2, -0.15) is 0 Å². The van der Waals surface area contributed by atoms with Gasteiger partial charge in [-0.15, -0.1) is 0 Å². The molecule has 6 heteroatoms. The summed E-state index contributed by atoms with van der Waals surface area (Å²) in [6.07, 6.45) is 2.49. The van der Waals surface area contributed by atoms with Gasteiger partial charge in [0.25, 0.3) is 0 Å². The number of carboxylic acids is 1. The first-order valence-corrected chi connectivity index (χ1v) is 7.59. The topological polar surface area (TPSA) is 79.3 Å². The Morgan fingerprint density at radius 3 is 2.48 bits per heavy atom. The summed E-state index contributed by atoms with van der Waals surface area (Å²) < 4.78 is 0. The summed E-state index contributed by atoms with van der Waals surface area (Å²) in [6.45, 7) is 0. The molecule has 1 heterocycles. The Bertz CT molecular complexity index is 659. The van der Waals surface area contributed by atoms with Crippen LogP contribution in [0.1, 0.15) is 17.5 Å². The van der Waals surface area contributed by atoms with E-state index in [1.54, 1.807) is 12.1 Å². The Balaban J connectivity index is 1.89. The van der Waals surface area contributed by atoms with E-state index in [1.165, 1.54) is 6.20 Å². The molecule has 0 aliphatic carbocycles. The van der Waals surface area contributed by atoms with Crippen LogP contribution in [0.2, 0.25) is 5.15 Å². The van der Waals surface area contributed by atoms with Crippen LogP contribution in [-0.4, -0.2) is 28.0 Å². The third kappa shape index (κ3) is 5.71. The lowest BCUT2D eigenvalue weighted by molar-refractivity contribution is -0.141. The predicted molar refractivity (Wildman–Crippen MR) is 87.3 cm³/mol. The highest BCUT2D eigenvalue weighted by atomic mass is 35.5. The number of nitrogens with zero attached hydrogens (tertiary/aromatic N) is 1. The van der Waals surface area contributed by atoms with Gasteiger partial charge in [0.2, 0.25) is 5.91 Å². The molecule has 1 atom stereocenters. The fourth-order valence-electron chi connectivity index (χ4n) is 2.13. The Kier molecular flexibility index (Phi) is 6.11. The number of carbonyl (C=O) groups excluding carboxylic acids is 1. The first-order chi connectivity index (χ1) is 11.0. The number of aliphatic carboxylic acids is 1. The van der Waals surface area contributed by atoms with Gasteiger partial charge in [0.05, 0.1) is 0 Å². The summed E-state index contributed by atoms with van der Waals surface area (Å²) in [5.74, 6) is -1.36. The highest BCUT2D eigenvalue weighted by Crippen LogP contribution is 2.08. The van der Waals surface area contributed by atoms with Gasteiger partial charge in [0.15, 0.2) is 0 Å². The van der Waals surface area contributed by atoms with Crippen molar-refractivity contribution in [1.82, 2.24) is 10.3 Å². The molecule has 2 rings (SSSR count). The predicted octanol–water partition coefficient (Wildman–Crippen LogP) is 2.48. The number of halogens is 1. The maximum Gasteiger partial charge on any atom is 0.326 e. The third-order valence-electron chi connectivity index (χ3n) is 3.35. The highest BCUT2D eigenvalue weighted by molar-refractivity contribution is 6.29. The van der Waals surface area contributed by atoms with Crippen molar-refractivity contribution in [3.05, 3.63) is 64.9 Å². The fraction of sp³-hybridized carbons (Fsp3) is 0.235. The monoisotopic (exact) mass is 332 g/mol. The molecule has 23 heavy (non-hydrogen) atoms. The number of aromatic nitrogens is 1. The van der Waals surface area contributed by atoms with Crippen LogP contribution in [0, 0.1) is 0 Å². The van der Waals surface area contributed by atoms with Gasteiger partial charge in [-0.25, -0.2) is 9.78 Å². The van der Waals surface area contributed by atoms with E-state index in [0.717, 1.165) is 5.56 Å². The molecule has 0 spiro atoms. The molecule has 0 saturated carbocycles. The molecule has 2 N–H and O–H groups in total. The van der Waals surface area contributed by atoms with Gasteiger partial charge in [-0.05, 0) is 23.6 Å². The van der Waals surface area contributed by atoms with Crippen molar-refractivity contribution in [3.8, 4) is 0 Å². The van der Waals surface area contributed by atoms with Crippen LogP contribution < -0.4 is 5.32 Å². The molecule has 1 amide bonds. The van der Waals surface area contributed by atoms with E-state index < -0.39 is 12.0 Å². The lowest BCUT2D eigenvalue weighted by Gasteiger charge is -2.14. The zero-order valence-corrected chi connectivity index (χ0v) is 13.2. The number of hydrogen-bond acceptors (Lipinski definition) is 3.